The molecule has 0 aliphatic heterocycles. The Morgan fingerprint density at radius 1 is 1.20 bits per heavy atom. The Morgan fingerprint density at radius 2 is 1.80 bits per heavy atom. The molecule has 0 radical (unpaired) electrons. The lowest BCUT2D eigenvalue weighted by atomic mass is 10.1. The fourth-order valence-electron chi connectivity index (χ4n) is 2.41. The summed E-state index contributed by atoms with van der Waals surface area (Å²) >= 11 is 0. The molecule has 0 aromatic heterocycles. The van der Waals surface area contributed by atoms with Crippen LogP contribution < -0.4 is 25.0 Å². The van der Waals surface area contributed by atoms with E-state index in [0.29, 0.717) is 18.0 Å². The first-order valence-corrected chi connectivity index (χ1v) is 8.43. The molecule has 0 saturated heterocycles. The fourth-order valence-corrected chi connectivity index (χ4v) is 2.41. The highest BCUT2D eigenvalue weighted by Crippen LogP contribution is 2.29. The minimum Gasteiger partial charge on any atom is -0.493 e. The van der Waals surface area contributed by atoms with E-state index in [1.807, 2.05) is 40.0 Å². The van der Waals surface area contributed by atoms with Gasteiger partial charge in [0.1, 0.15) is 6.54 Å². The van der Waals surface area contributed by atoms with Crippen LogP contribution in [0.15, 0.2) is 12.1 Å². The molecule has 25 heavy (non-hydrogen) atoms. The van der Waals surface area contributed by atoms with Crippen molar-refractivity contribution in [3.63, 3.8) is 0 Å². The number of rotatable bonds is 8. The molecule has 1 aromatic rings. The molecule has 140 valence electrons. The van der Waals surface area contributed by atoms with E-state index in [4.69, 9.17) is 9.47 Å². The van der Waals surface area contributed by atoms with Crippen LogP contribution in [0.5, 0.6) is 11.5 Å². The zero-order chi connectivity index (χ0) is 19.0. The third-order valence-electron chi connectivity index (χ3n) is 4.04. The molecule has 0 aliphatic rings. The summed E-state index contributed by atoms with van der Waals surface area (Å²) in [4.78, 5) is 24.6. The SMILES string of the molecule is CC[C@@H](C)NC(=O)NC(=O)C[NH+](C)Cc1cc(OC)c(OC)cc1C. The van der Waals surface area contributed by atoms with Gasteiger partial charge in [-0.15, -0.1) is 0 Å². The number of quaternary nitrogens is 1. The molecule has 0 bridgehead atoms. The highest BCUT2D eigenvalue weighted by molar-refractivity contribution is 5.94. The summed E-state index contributed by atoms with van der Waals surface area (Å²) in [7, 11) is 5.10. The zero-order valence-corrected chi connectivity index (χ0v) is 16.0. The molecular weight excluding hydrogens is 322 g/mol. The molecule has 0 fully saturated rings. The number of imide groups is 1. The summed E-state index contributed by atoms with van der Waals surface area (Å²) in [5, 5.41) is 5.07. The summed E-state index contributed by atoms with van der Waals surface area (Å²) in [5.74, 6) is 1.03. The van der Waals surface area contributed by atoms with Crippen LogP contribution in [0.3, 0.4) is 0 Å². The van der Waals surface area contributed by atoms with Crippen molar-refractivity contribution >= 4 is 11.9 Å². The Kier molecular flexibility index (Phi) is 8.21. The molecule has 0 aliphatic carbocycles. The van der Waals surface area contributed by atoms with E-state index in [2.05, 4.69) is 10.6 Å². The number of likely N-dealkylation sites (N-methyl/N-ethyl adjacent to an activating group) is 1. The minimum atomic E-state index is -0.450. The van der Waals surface area contributed by atoms with Gasteiger partial charge in [0, 0.05) is 11.6 Å². The third kappa shape index (κ3) is 6.62. The maximum atomic E-state index is 12.0. The summed E-state index contributed by atoms with van der Waals surface area (Å²) in [6, 6.07) is 3.42. The highest BCUT2D eigenvalue weighted by Gasteiger charge is 2.17. The quantitative estimate of drug-likeness (QED) is 0.642. The molecule has 1 aromatic carbocycles. The van der Waals surface area contributed by atoms with Gasteiger partial charge >= 0.3 is 6.03 Å². The number of amides is 3. The second-order valence-electron chi connectivity index (χ2n) is 6.28. The molecule has 2 atom stereocenters. The van der Waals surface area contributed by atoms with Gasteiger partial charge in [-0.25, -0.2) is 4.79 Å². The van der Waals surface area contributed by atoms with Gasteiger partial charge in [0.25, 0.3) is 5.91 Å². The van der Waals surface area contributed by atoms with Gasteiger partial charge in [0.2, 0.25) is 0 Å². The Balaban J connectivity index is 2.63. The van der Waals surface area contributed by atoms with E-state index in [-0.39, 0.29) is 18.5 Å². The Morgan fingerprint density at radius 3 is 2.36 bits per heavy atom. The predicted molar refractivity (Wildman–Crippen MR) is 96.2 cm³/mol. The normalized spacial score (nSPS) is 12.9. The number of benzene rings is 1. The first-order valence-electron chi connectivity index (χ1n) is 8.43. The lowest BCUT2D eigenvalue weighted by Crippen LogP contribution is -3.09. The van der Waals surface area contributed by atoms with E-state index >= 15 is 0 Å². The van der Waals surface area contributed by atoms with Crippen LogP contribution in [0, 0.1) is 6.92 Å². The van der Waals surface area contributed by atoms with Crippen molar-refractivity contribution < 1.29 is 24.0 Å². The number of hydrogen-bond acceptors (Lipinski definition) is 4. The largest absolute Gasteiger partial charge is 0.493 e. The monoisotopic (exact) mass is 352 g/mol. The topological polar surface area (TPSA) is 81.1 Å². The summed E-state index contributed by atoms with van der Waals surface area (Å²) in [6.07, 6.45) is 0.811. The zero-order valence-electron chi connectivity index (χ0n) is 16.0. The first-order chi connectivity index (χ1) is 11.8. The van der Waals surface area contributed by atoms with Crippen LogP contribution in [-0.2, 0) is 11.3 Å². The van der Waals surface area contributed by atoms with E-state index in [9.17, 15) is 9.59 Å². The van der Waals surface area contributed by atoms with Crippen molar-refractivity contribution in [2.24, 2.45) is 0 Å². The number of methoxy groups -OCH3 is 2. The Hall–Kier alpha value is -2.28. The summed E-state index contributed by atoms with van der Waals surface area (Å²) in [6.45, 7) is 6.68. The van der Waals surface area contributed by atoms with Gasteiger partial charge in [-0.1, -0.05) is 6.92 Å². The number of urea groups is 1. The maximum absolute atomic E-state index is 12.0. The Labute approximate surface area is 149 Å². The van der Waals surface area contributed by atoms with Crippen molar-refractivity contribution in [2.45, 2.75) is 39.8 Å². The predicted octanol–water partition coefficient (Wildman–Crippen LogP) is 0.651. The molecule has 0 saturated carbocycles. The fraction of sp³-hybridized carbons (Fsp3) is 0.556. The van der Waals surface area contributed by atoms with Crippen LogP contribution in [-0.4, -0.2) is 45.8 Å². The van der Waals surface area contributed by atoms with Crippen LogP contribution in [0.4, 0.5) is 4.79 Å². The van der Waals surface area contributed by atoms with Crippen molar-refractivity contribution in [2.75, 3.05) is 27.8 Å². The smallest absolute Gasteiger partial charge is 0.321 e. The minimum absolute atomic E-state index is 0.0345. The average Bonchev–Trinajstić information content (AvgIpc) is 2.55. The van der Waals surface area contributed by atoms with E-state index in [1.54, 1.807) is 14.2 Å². The van der Waals surface area contributed by atoms with Crippen LogP contribution in [0.25, 0.3) is 0 Å². The molecule has 7 nitrogen and oxygen atoms in total. The van der Waals surface area contributed by atoms with E-state index < -0.39 is 6.03 Å². The number of nitrogens with one attached hydrogen (secondary N) is 3. The highest BCUT2D eigenvalue weighted by atomic mass is 16.5. The third-order valence-corrected chi connectivity index (χ3v) is 4.04. The number of carbonyl (C=O) groups is 2. The lowest BCUT2D eigenvalue weighted by molar-refractivity contribution is -0.885. The van der Waals surface area contributed by atoms with Crippen molar-refractivity contribution in [3.8, 4) is 11.5 Å². The summed E-state index contributed by atoms with van der Waals surface area (Å²) < 4.78 is 10.6. The van der Waals surface area contributed by atoms with Crippen LogP contribution in [0.1, 0.15) is 31.4 Å². The number of hydrogen-bond donors (Lipinski definition) is 3. The van der Waals surface area contributed by atoms with Gasteiger partial charge in [-0.2, -0.15) is 0 Å². The standard InChI is InChI=1S/C18H29N3O4/c1-7-13(3)19-18(23)20-17(22)11-21(4)10-14-9-16(25-6)15(24-5)8-12(14)2/h8-9,13H,7,10-11H2,1-6H3,(H2,19,20,22,23)/p+1/t13-/m1/s1. The van der Waals surface area contributed by atoms with Gasteiger partial charge in [0.15, 0.2) is 18.0 Å². The molecular formula is C18H30N3O4+. The molecule has 3 N–H and O–H groups in total. The molecule has 1 rings (SSSR count). The number of ether oxygens (including phenoxy) is 2. The lowest BCUT2D eigenvalue weighted by Gasteiger charge is -2.17. The molecule has 3 amide bonds. The van der Waals surface area contributed by atoms with Gasteiger partial charge in [-0.05, 0) is 38.0 Å². The van der Waals surface area contributed by atoms with Crippen molar-refractivity contribution in [1.82, 2.24) is 10.6 Å². The number of carbonyl (C=O) groups excluding carboxylic acids is 2. The summed E-state index contributed by atoms with van der Waals surface area (Å²) in [5.41, 5.74) is 2.12. The van der Waals surface area contributed by atoms with Gasteiger partial charge in [-0.3, -0.25) is 10.1 Å². The van der Waals surface area contributed by atoms with Crippen LogP contribution >= 0.6 is 0 Å². The Bertz CT molecular complexity index is 604. The van der Waals surface area contributed by atoms with Gasteiger partial charge in [0.05, 0.1) is 21.3 Å². The molecule has 7 heteroatoms. The van der Waals surface area contributed by atoms with Crippen LogP contribution in [0.2, 0.25) is 0 Å². The van der Waals surface area contributed by atoms with Crippen molar-refractivity contribution in [1.29, 1.82) is 0 Å². The molecule has 0 spiro atoms. The molecule has 0 heterocycles. The molecule has 1 unspecified atom stereocenters. The van der Waals surface area contributed by atoms with E-state index in [0.717, 1.165) is 22.4 Å². The van der Waals surface area contributed by atoms with Crippen molar-refractivity contribution in [3.05, 3.63) is 23.3 Å². The number of aryl methyl sites for hydroxylation is 1. The second-order valence-corrected chi connectivity index (χ2v) is 6.28. The van der Waals surface area contributed by atoms with E-state index in [1.165, 1.54) is 0 Å². The first kappa shape index (κ1) is 20.8. The maximum Gasteiger partial charge on any atom is 0.321 e. The average molecular weight is 352 g/mol. The van der Waals surface area contributed by atoms with Gasteiger partial charge < -0.3 is 19.7 Å². The second kappa shape index (κ2) is 9.88.